The van der Waals surface area contributed by atoms with Gasteiger partial charge in [0.25, 0.3) is 5.91 Å². The van der Waals surface area contributed by atoms with E-state index >= 15 is 0 Å². The van der Waals surface area contributed by atoms with Crippen molar-refractivity contribution in [1.82, 2.24) is 15.4 Å². The van der Waals surface area contributed by atoms with Gasteiger partial charge in [-0.15, -0.1) is 11.3 Å². The molecule has 86 valence electrons. The van der Waals surface area contributed by atoms with Gasteiger partial charge in [-0.2, -0.15) is 5.10 Å². The Bertz CT molecular complexity index is 522. The Morgan fingerprint density at radius 1 is 1.47 bits per heavy atom. The highest BCUT2D eigenvalue weighted by Gasteiger charge is 2.05. The van der Waals surface area contributed by atoms with E-state index in [9.17, 15) is 4.79 Å². The Balaban J connectivity index is 2.04. The third kappa shape index (κ3) is 2.94. The van der Waals surface area contributed by atoms with Crippen molar-refractivity contribution in [3.63, 3.8) is 0 Å². The average molecular weight is 246 g/mol. The molecule has 1 amide bonds. The van der Waals surface area contributed by atoms with Crippen molar-refractivity contribution in [1.29, 1.82) is 0 Å². The molecule has 0 spiro atoms. The molecule has 1 N–H and O–H groups in total. The number of hydrogen-bond donors (Lipinski definition) is 1. The first-order valence-corrected chi connectivity index (χ1v) is 5.80. The molecule has 0 aliphatic carbocycles. The highest BCUT2D eigenvalue weighted by atomic mass is 32.1. The van der Waals surface area contributed by atoms with Gasteiger partial charge in [-0.25, -0.2) is 5.43 Å². The van der Waals surface area contributed by atoms with E-state index in [1.165, 1.54) is 11.3 Å². The summed E-state index contributed by atoms with van der Waals surface area (Å²) in [5, 5.41) is 5.81. The Labute approximate surface area is 102 Å². The summed E-state index contributed by atoms with van der Waals surface area (Å²) in [6, 6.07) is 3.56. The molecule has 0 aliphatic rings. The lowest BCUT2D eigenvalue weighted by molar-refractivity contribution is 0.0959. The quantitative estimate of drug-likeness (QED) is 0.662. The number of aromatic nitrogens is 2. The molecule has 0 atom stereocenters. The maximum absolute atomic E-state index is 11.6. The fourth-order valence-corrected chi connectivity index (χ4v) is 1.75. The van der Waals surface area contributed by atoms with E-state index in [0.29, 0.717) is 16.3 Å². The Morgan fingerprint density at radius 3 is 3.00 bits per heavy atom. The molecule has 0 fully saturated rings. The van der Waals surface area contributed by atoms with E-state index in [0.717, 1.165) is 0 Å². The Hall–Kier alpha value is -2.08. The minimum Gasteiger partial charge on any atom is -0.266 e. The van der Waals surface area contributed by atoms with Gasteiger partial charge >= 0.3 is 0 Å². The van der Waals surface area contributed by atoms with E-state index in [1.54, 1.807) is 31.6 Å². The first kappa shape index (κ1) is 11.4. The third-order valence-electron chi connectivity index (χ3n) is 2.00. The predicted octanol–water partition coefficient (Wildman–Crippen LogP) is 1.69. The molecule has 17 heavy (non-hydrogen) atoms. The molecular weight excluding hydrogens is 236 g/mol. The van der Waals surface area contributed by atoms with Gasteiger partial charge < -0.3 is 0 Å². The lowest BCUT2D eigenvalue weighted by Crippen LogP contribution is -2.18. The van der Waals surface area contributed by atoms with Crippen LogP contribution in [0.2, 0.25) is 0 Å². The van der Waals surface area contributed by atoms with Gasteiger partial charge in [0, 0.05) is 12.4 Å². The zero-order valence-electron chi connectivity index (χ0n) is 9.12. The van der Waals surface area contributed by atoms with Crippen molar-refractivity contribution in [3.05, 3.63) is 46.7 Å². The largest absolute Gasteiger partial charge is 0.281 e. The SMILES string of the molecule is C/C(=N\NC(=O)c1cccs1)c1cnccn1. The molecule has 2 rings (SSSR count). The van der Waals surface area contributed by atoms with Crippen LogP contribution in [0.3, 0.4) is 0 Å². The fraction of sp³-hybridized carbons (Fsp3) is 0.0909. The fourth-order valence-electron chi connectivity index (χ4n) is 1.14. The lowest BCUT2D eigenvalue weighted by Gasteiger charge is -1.99. The van der Waals surface area contributed by atoms with Crippen molar-refractivity contribution in [3.8, 4) is 0 Å². The summed E-state index contributed by atoms with van der Waals surface area (Å²) in [6.07, 6.45) is 4.76. The van der Waals surface area contributed by atoms with E-state index in [1.807, 2.05) is 11.4 Å². The molecular formula is C11H10N4OS. The van der Waals surface area contributed by atoms with Crippen LogP contribution < -0.4 is 5.43 Å². The van der Waals surface area contributed by atoms with Crippen LogP contribution >= 0.6 is 11.3 Å². The highest BCUT2D eigenvalue weighted by molar-refractivity contribution is 7.12. The van der Waals surface area contributed by atoms with Crippen LogP contribution in [0, 0.1) is 0 Å². The Kier molecular flexibility index (Phi) is 3.56. The van der Waals surface area contributed by atoms with Crippen molar-refractivity contribution in [2.24, 2.45) is 5.10 Å². The van der Waals surface area contributed by atoms with Crippen molar-refractivity contribution in [2.75, 3.05) is 0 Å². The topological polar surface area (TPSA) is 67.2 Å². The summed E-state index contributed by atoms with van der Waals surface area (Å²) >= 11 is 1.37. The summed E-state index contributed by atoms with van der Waals surface area (Å²) in [4.78, 5) is 20.2. The lowest BCUT2D eigenvalue weighted by atomic mass is 10.3. The normalized spacial score (nSPS) is 11.2. The standard InChI is InChI=1S/C11H10N4OS/c1-8(9-7-12-4-5-13-9)14-15-11(16)10-3-2-6-17-10/h2-7H,1H3,(H,15,16)/b14-8+. The molecule has 0 unspecified atom stereocenters. The van der Waals surface area contributed by atoms with Crippen LogP contribution in [0.15, 0.2) is 41.2 Å². The minimum absolute atomic E-state index is 0.219. The number of carbonyl (C=O) groups excluding carboxylic acids is 1. The molecule has 0 saturated carbocycles. The predicted molar refractivity (Wildman–Crippen MR) is 66.0 cm³/mol. The molecule has 0 aromatic carbocycles. The highest BCUT2D eigenvalue weighted by Crippen LogP contribution is 2.07. The zero-order chi connectivity index (χ0) is 12.1. The second kappa shape index (κ2) is 5.31. The second-order valence-corrected chi connectivity index (χ2v) is 4.15. The maximum atomic E-state index is 11.6. The molecule has 0 saturated heterocycles. The van der Waals surface area contributed by atoms with Crippen LogP contribution in [0.25, 0.3) is 0 Å². The van der Waals surface area contributed by atoms with Gasteiger partial charge in [0.1, 0.15) is 5.69 Å². The number of nitrogens with zero attached hydrogens (tertiary/aromatic N) is 3. The summed E-state index contributed by atoms with van der Waals surface area (Å²) in [5.41, 5.74) is 3.73. The van der Waals surface area contributed by atoms with Gasteiger partial charge in [0.2, 0.25) is 0 Å². The molecule has 0 bridgehead atoms. The molecule has 2 aromatic heterocycles. The van der Waals surface area contributed by atoms with Crippen molar-refractivity contribution < 1.29 is 4.79 Å². The Morgan fingerprint density at radius 2 is 2.35 bits per heavy atom. The van der Waals surface area contributed by atoms with Crippen LogP contribution in [-0.4, -0.2) is 21.6 Å². The van der Waals surface area contributed by atoms with Crippen LogP contribution in [0.1, 0.15) is 22.3 Å². The molecule has 2 aromatic rings. The van der Waals surface area contributed by atoms with E-state index in [4.69, 9.17) is 0 Å². The molecule has 5 nitrogen and oxygen atoms in total. The van der Waals surface area contributed by atoms with E-state index in [-0.39, 0.29) is 5.91 Å². The van der Waals surface area contributed by atoms with E-state index in [2.05, 4.69) is 20.5 Å². The molecule has 2 heterocycles. The monoisotopic (exact) mass is 246 g/mol. The summed E-state index contributed by atoms with van der Waals surface area (Å²) < 4.78 is 0. The summed E-state index contributed by atoms with van der Waals surface area (Å²) in [6.45, 7) is 1.76. The summed E-state index contributed by atoms with van der Waals surface area (Å²) in [7, 11) is 0. The van der Waals surface area contributed by atoms with Gasteiger partial charge in [-0.3, -0.25) is 14.8 Å². The molecule has 6 heteroatoms. The smallest absolute Gasteiger partial charge is 0.266 e. The average Bonchev–Trinajstić information content (AvgIpc) is 2.90. The van der Waals surface area contributed by atoms with Gasteiger partial charge in [0.15, 0.2) is 0 Å². The summed E-state index contributed by atoms with van der Waals surface area (Å²) in [5.74, 6) is -0.219. The first-order valence-electron chi connectivity index (χ1n) is 4.92. The zero-order valence-corrected chi connectivity index (χ0v) is 9.94. The number of nitrogens with one attached hydrogen (secondary N) is 1. The van der Waals surface area contributed by atoms with Crippen LogP contribution in [0.4, 0.5) is 0 Å². The molecule has 0 aliphatic heterocycles. The van der Waals surface area contributed by atoms with Gasteiger partial charge in [-0.1, -0.05) is 6.07 Å². The number of carbonyl (C=O) groups is 1. The van der Waals surface area contributed by atoms with Crippen LogP contribution in [0.5, 0.6) is 0 Å². The van der Waals surface area contributed by atoms with Gasteiger partial charge in [0.05, 0.1) is 16.8 Å². The first-order chi connectivity index (χ1) is 8.27. The van der Waals surface area contributed by atoms with Crippen LogP contribution in [-0.2, 0) is 0 Å². The number of hydrazone groups is 1. The van der Waals surface area contributed by atoms with Gasteiger partial charge in [-0.05, 0) is 18.4 Å². The van der Waals surface area contributed by atoms with Crippen molar-refractivity contribution >= 4 is 23.0 Å². The second-order valence-electron chi connectivity index (χ2n) is 3.21. The van der Waals surface area contributed by atoms with Crippen molar-refractivity contribution in [2.45, 2.75) is 6.92 Å². The van der Waals surface area contributed by atoms with E-state index < -0.39 is 0 Å². The maximum Gasteiger partial charge on any atom is 0.281 e. The molecule has 0 radical (unpaired) electrons. The third-order valence-corrected chi connectivity index (χ3v) is 2.87. The number of amides is 1. The minimum atomic E-state index is -0.219. The number of hydrogen-bond acceptors (Lipinski definition) is 5. The number of thiophene rings is 1. The number of rotatable bonds is 3.